The second kappa shape index (κ2) is 6.90. The number of hydrogen-bond acceptors (Lipinski definition) is 2. The molecule has 3 N–H and O–H groups in total. The average Bonchev–Trinajstić information content (AvgIpc) is 2.97. The molecule has 0 radical (unpaired) electrons. The highest BCUT2D eigenvalue weighted by Crippen LogP contribution is 2.36. The van der Waals surface area contributed by atoms with Gasteiger partial charge < -0.3 is 11.1 Å². The zero-order chi connectivity index (χ0) is 15.7. The molecule has 0 atom stereocenters. The van der Waals surface area contributed by atoms with Crippen molar-refractivity contribution >= 4 is 34.8 Å². The molecule has 3 rings (SSSR count). The molecule has 0 spiro atoms. The molecule has 2 aromatic carbocycles. The highest BCUT2D eigenvalue weighted by Gasteiger charge is 2.33. The van der Waals surface area contributed by atoms with Crippen LogP contribution in [0, 0.1) is 5.41 Å². The molecule has 0 aliphatic heterocycles. The van der Waals surface area contributed by atoms with E-state index in [1.165, 1.54) is 16.5 Å². The van der Waals surface area contributed by atoms with Crippen LogP contribution in [0.2, 0.25) is 0 Å². The van der Waals surface area contributed by atoms with E-state index in [0.29, 0.717) is 6.54 Å². The Bertz CT molecular complexity index is 704. The third-order valence-corrected chi connectivity index (χ3v) is 5.35. The monoisotopic (exact) mass is 332 g/mol. The minimum atomic E-state index is -0.469. The number of aryl methyl sites for hydroxylation is 2. The summed E-state index contributed by atoms with van der Waals surface area (Å²) in [5, 5.41) is 5.62. The lowest BCUT2D eigenvalue weighted by molar-refractivity contribution is -0.125. The van der Waals surface area contributed by atoms with Crippen LogP contribution in [0.3, 0.4) is 0 Å². The van der Waals surface area contributed by atoms with Gasteiger partial charge in [0.25, 0.3) is 0 Å². The van der Waals surface area contributed by atoms with E-state index in [4.69, 9.17) is 5.73 Å². The van der Waals surface area contributed by atoms with Crippen molar-refractivity contribution in [3.05, 3.63) is 41.5 Å². The summed E-state index contributed by atoms with van der Waals surface area (Å²) in [5.41, 5.74) is 9.11. The molecule has 23 heavy (non-hydrogen) atoms. The standard InChI is InChI=1S/C19H24N2O.ClH/c1-3-19(4-2,12-20)18(22)21-16-11-10-14-9-8-13-6-5-7-15(16)17(13)14;/h5-7,10-11H,3-4,8-9,12,20H2,1-2H3,(H,21,22);1H. The summed E-state index contributed by atoms with van der Waals surface area (Å²) in [7, 11) is 0. The maximum atomic E-state index is 12.8. The molecule has 1 aliphatic carbocycles. The molecule has 0 bridgehead atoms. The van der Waals surface area contributed by atoms with Crippen LogP contribution in [0.25, 0.3) is 10.8 Å². The van der Waals surface area contributed by atoms with Crippen LogP contribution in [0.1, 0.15) is 37.8 Å². The fourth-order valence-electron chi connectivity index (χ4n) is 3.56. The lowest BCUT2D eigenvalue weighted by atomic mass is 9.81. The SMILES string of the molecule is CCC(CC)(CN)C(=O)Nc1ccc2c3c(cccc13)CC2.Cl. The quantitative estimate of drug-likeness (QED) is 0.867. The van der Waals surface area contributed by atoms with Gasteiger partial charge in [-0.1, -0.05) is 38.1 Å². The summed E-state index contributed by atoms with van der Waals surface area (Å²) in [6, 6.07) is 10.6. The number of hydrogen-bond donors (Lipinski definition) is 2. The van der Waals surface area contributed by atoms with Crippen molar-refractivity contribution in [1.82, 2.24) is 0 Å². The van der Waals surface area contributed by atoms with E-state index in [-0.39, 0.29) is 18.3 Å². The number of benzene rings is 2. The van der Waals surface area contributed by atoms with Crippen LogP contribution >= 0.6 is 12.4 Å². The molecule has 0 saturated heterocycles. The Kier molecular flexibility index (Phi) is 5.33. The summed E-state index contributed by atoms with van der Waals surface area (Å²) in [4.78, 5) is 12.8. The third-order valence-electron chi connectivity index (χ3n) is 5.35. The lowest BCUT2D eigenvalue weighted by Gasteiger charge is -2.28. The third kappa shape index (κ3) is 2.84. The van der Waals surface area contributed by atoms with Gasteiger partial charge in [-0.3, -0.25) is 4.79 Å². The normalized spacial score (nSPS) is 13.0. The zero-order valence-corrected chi connectivity index (χ0v) is 14.6. The van der Waals surface area contributed by atoms with Gasteiger partial charge in [0.15, 0.2) is 0 Å². The van der Waals surface area contributed by atoms with Gasteiger partial charge in [-0.15, -0.1) is 12.4 Å². The van der Waals surface area contributed by atoms with Gasteiger partial charge in [-0.05, 0) is 48.3 Å². The van der Waals surface area contributed by atoms with Gasteiger partial charge in [0.2, 0.25) is 5.91 Å². The first-order chi connectivity index (χ1) is 10.6. The molecule has 1 amide bonds. The van der Waals surface area contributed by atoms with Gasteiger partial charge in [-0.2, -0.15) is 0 Å². The molecular weight excluding hydrogens is 308 g/mol. The average molecular weight is 333 g/mol. The number of nitrogens with two attached hydrogens (primary N) is 1. The Balaban J connectivity index is 0.00000192. The second-order valence-corrected chi connectivity index (χ2v) is 6.26. The molecule has 0 unspecified atom stereocenters. The van der Waals surface area contributed by atoms with Crippen LogP contribution in [0.15, 0.2) is 30.3 Å². The summed E-state index contributed by atoms with van der Waals surface area (Å²) in [6.45, 7) is 4.44. The lowest BCUT2D eigenvalue weighted by Crippen LogP contribution is -2.41. The molecular formula is C19H25ClN2O. The fraction of sp³-hybridized carbons (Fsp3) is 0.421. The number of carbonyl (C=O) groups is 1. The fourth-order valence-corrected chi connectivity index (χ4v) is 3.56. The van der Waals surface area contributed by atoms with Gasteiger partial charge >= 0.3 is 0 Å². The number of halogens is 1. The number of carbonyl (C=O) groups excluding carboxylic acids is 1. The summed E-state index contributed by atoms with van der Waals surface area (Å²) in [6.07, 6.45) is 3.71. The first kappa shape index (κ1) is 17.8. The van der Waals surface area contributed by atoms with Crippen molar-refractivity contribution < 1.29 is 4.79 Å². The summed E-state index contributed by atoms with van der Waals surface area (Å²) < 4.78 is 0. The van der Waals surface area contributed by atoms with Gasteiger partial charge in [0.05, 0.1) is 5.41 Å². The maximum Gasteiger partial charge on any atom is 0.231 e. The van der Waals surface area contributed by atoms with Gasteiger partial charge in [0, 0.05) is 17.6 Å². The topological polar surface area (TPSA) is 55.1 Å². The van der Waals surface area contributed by atoms with E-state index in [1.54, 1.807) is 0 Å². The number of anilines is 1. The summed E-state index contributed by atoms with van der Waals surface area (Å²) in [5.74, 6) is 0.0405. The van der Waals surface area contributed by atoms with Crippen molar-refractivity contribution in [2.45, 2.75) is 39.5 Å². The van der Waals surface area contributed by atoms with E-state index >= 15 is 0 Å². The first-order valence-corrected chi connectivity index (χ1v) is 8.20. The second-order valence-electron chi connectivity index (χ2n) is 6.26. The van der Waals surface area contributed by atoms with Crippen LogP contribution in [0.4, 0.5) is 5.69 Å². The van der Waals surface area contributed by atoms with Crippen molar-refractivity contribution in [1.29, 1.82) is 0 Å². The van der Waals surface area contributed by atoms with Crippen molar-refractivity contribution in [3.63, 3.8) is 0 Å². The maximum absolute atomic E-state index is 12.8. The molecule has 0 fully saturated rings. The smallest absolute Gasteiger partial charge is 0.231 e. The van der Waals surface area contributed by atoms with Crippen molar-refractivity contribution in [2.75, 3.05) is 11.9 Å². The van der Waals surface area contributed by atoms with Gasteiger partial charge in [0.1, 0.15) is 0 Å². The molecule has 0 aromatic heterocycles. The molecule has 4 heteroatoms. The van der Waals surface area contributed by atoms with Crippen LogP contribution in [-0.4, -0.2) is 12.5 Å². The Morgan fingerprint density at radius 2 is 1.78 bits per heavy atom. The largest absolute Gasteiger partial charge is 0.329 e. The van der Waals surface area contributed by atoms with E-state index in [1.807, 2.05) is 19.9 Å². The van der Waals surface area contributed by atoms with Crippen LogP contribution in [0.5, 0.6) is 0 Å². The number of rotatable bonds is 5. The first-order valence-electron chi connectivity index (χ1n) is 8.20. The molecule has 124 valence electrons. The predicted molar refractivity (Wildman–Crippen MR) is 99.3 cm³/mol. The van der Waals surface area contributed by atoms with Crippen molar-refractivity contribution in [3.8, 4) is 0 Å². The molecule has 0 heterocycles. The van der Waals surface area contributed by atoms with E-state index in [2.05, 4.69) is 29.6 Å². The van der Waals surface area contributed by atoms with E-state index in [9.17, 15) is 4.79 Å². The highest BCUT2D eigenvalue weighted by atomic mass is 35.5. The highest BCUT2D eigenvalue weighted by molar-refractivity contribution is 6.06. The van der Waals surface area contributed by atoms with Crippen molar-refractivity contribution in [2.24, 2.45) is 11.1 Å². The van der Waals surface area contributed by atoms with E-state index < -0.39 is 5.41 Å². The minimum Gasteiger partial charge on any atom is -0.329 e. The van der Waals surface area contributed by atoms with Crippen LogP contribution in [-0.2, 0) is 17.6 Å². The Morgan fingerprint density at radius 3 is 2.39 bits per heavy atom. The zero-order valence-electron chi connectivity index (χ0n) is 13.8. The number of amides is 1. The molecule has 1 aliphatic rings. The van der Waals surface area contributed by atoms with E-state index in [0.717, 1.165) is 36.8 Å². The van der Waals surface area contributed by atoms with Crippen LogP contribution < -0.4 is 11.1 Å². The Labute approximate surface area is 144 Å². The molecule has 3 nitrogen and oxygen atoms in total. The summed E-state index contributed by atoms with van der Waals surface area (Å²) >= 11 is 0. The Morgan fingerprint density at radius 1 is 1.13 bits per heavy atom. The molecule has 0 saturated carbocycles. The van der Waals surface area contributed by atoms with Gasteiger partial charge in [-0.25, -0.2) is 0 Å². The predicted octanol–water partition coefficient (Wildman–Crippen LogP) is 4.06. The Hall–Kier alpha value is -1.58. The minimum absolute atomic E-state index is 0. The molecule has 2 aromatic rings. The number of nitrogens with one attached hydrogen (secondary N) is 1.